The van der Waals surface area contributed by atoms with Crippen molar-refractivity contribution in [2.45, 2.75) is 45.2 Å². The number of carbonyl (C=O) groups excluding carboxylic acids is 1. The monoisotopic (exact) mass is 182 g/mol. The molecule has 0 aromatic heterocycles. The molecule has 13 heavy (non-hydrogen) atoms. The quantitative estimate of drug-likeness (QED) is 0.658. The van der Waals surface area contributed by atoms with Gasteiger partial charge in [0.2, 0.25) is 5.91 Å². The fourth-order valence-corrected chi connectivity index (χ4v) is 1.89. The molecule has 2 aliphatic rings. The first kappa shape index (κ1) is 9.00. The fourth-order valence-electron chi connectivity index (χ4n) is 1.89. The number of hydrogen-bond acceptors (Lipinski definition) is 2. The first-order valence-electron chi connectivity index (χ1n) is 5.13. The van der Waals surface area contributed by atoms with Crippen molar-refractivity contribution >= 4 is 5.91 Å². The summed E-state index contributed by atoms with van der Waals surface area (Å²) in [4.78, 5) is 11.6. The minimum atomic E-state index is 0.0800. The third-order valence-electron chi connectivity index (χ3n) is 3.21. The van der Waals surface area contributed by atoms with Gasteiger partial charge in [0.15, 0.2) is 0 Å². The second kappa shape index (κ2) is 2.98. The van der Waals surface area contributed by atoms with Gasteiger partial charge in [-0.05, 0) is 31.2 Å². The van der Waals surface area contributed by atoms with Gasteiger partial charge in [-0.3, -0.25) is 4.79 Å². The minimum Gasteiger partial charge on any atom is -0.351 e. The SMILES string of the molecule is CC1(C)CC1NC(=O)C1CCCN1. The molecule has 3 heteroatoms. The molecule has 0 bridgehead atoms. The van der Waals surface area contributed by atoms with Crippen LogP contribution in [0.5, 0.6) is 0 Å². The molecule has 2 unspecified atom stereocenters. The zero-order valence-electron chi connectivity index (χ0n) is 8.39. The van der Waals surface area contributed by atoms with Crippen LogP contribution >= 0.6 is 0 Å². The summed E-state index contributed by atoms with van der Waals surface area (Å²) in [5.74, 6) is 0.202. The normalized spacial score (nSPS) is 35.8. The van der Waals surface area contributed by atoms with Crippen LogP contribution in [-0.2, 0) is 4.79 Å². The highest BCUT2D eigenvalue weighted by Gasteiger charge is 2.47. The summed E-state index contributed by atoms with van der Waals surface area (Å²) in [5, 5.41) is 6.29. The van der Waals surface area contributed by atoms with Crippen molar-refractivity contribution in [3.8, 4) is 0 Å². The van der Waals surface area contributed by atoms with Crippen LogP contribution in [0.2, 0.25) is 0 Å². The van der Waals surface area contributed by atoms with E-state index in [1.165, 1.54) is 0 Å². The fraction of sp³-hybridized carbons (Fsp3) is 0.900. The highest BCUT2D eigenvalue weighted by Crippen LogP contribution is 2.44. The Balaban J connectivity index is 1.79. The van der Waals surface area contributed by atoms with E-state index >= 15 is 0 Å². The Morgan fingerprint density at radius 2 is 2.23 bits per heavy atom. The number of hydrogen-bond donors (Lipinski definition) is 2. The molecule has 2 fully saturated rings. The van der Waals surface area contributed by atoms with Gasteiger partial charge in [-0.25, -0.2) is 0 Å². The maximum Gasteiger partial charge on any atom is 0.237 e. The molecule has 0 aromatic carbocycles. The van der Waals surface area contributed by atoms with Gasteiger partial charge >= 0.3 is 0 Å². The molecule has 0 radical (unpaired) electrons. The van der Waals surface area contributed by atoms with Crippen LogP contribution in [0, 0.1) is 5.41 Å². The molecule has 2 rings (SSSR count). The van der Waals surface area contributed by atoms with Crippen molar-refractivity contribution in [2.75, 3.05) is 6.54 Å². The molecule has 2 atom stereocenters. The van der Waals surface area contributed by atoms with Gasteiger partial charge in [0.25, 0.3) is 0 Å². The van der Waals surface area contributed by atoms with E-state index in [4.69, 9.17) is 0 Å². The predicted octanol–water partition coefficient (Wildman–Crippen LogP) is 0.653. The summed E-state index contributed by atoms with van der Waals surface area (Å²) < 4.78 is 0. The summed E-state index contributed by atoms with van der Waals surface area (Å²) in [7, 11) is 0. The lowest BCUT2D eigenvalue weighted by Crippen LogP contribution is -2.42. The standard InChI is InChI=1S/C10H18N2O/c1-10(2)6-8(10)12-9(13)7-4-3-5-11-7/h7-8,11H,3-6H2,1-2H3,(H,12,13). The van der Waals surface area contributed by atoms with E-state index in [0.29, 0.717) is 11.5 Å². The Morgan fingerprint density at radius 1 is 1.54 bits per heavy atom. The van der Waals surface area contributed by atoms with Crippen LogP contribution in [0.4, 0.5) is 0 Å². The number of amides is 1. The highest BCUT2D eigenvalue weighted by atomic mass is 16.2. The lowest BCUT2D eigenvalue weighted by molar-refractivity contribution is -0.123. The molecular formula is C10H18N2O. The molecule has 2 N–H and O–H groups in total. The van der Waals surface area contributed by atoms with Crippen molar-refractivity contribution < 1.29 is 4.79 Å². The first-order valence-corrected chi connectivity index (χ1v) is 5.13. The van der Waals surface area contributed by atoms with E-state index in [1.54, 1.807) is 0 Å². The van der Waals surface area contributed by atoms with E-state index in [0.717, 1.165) is 25.8 Å². The summed E-state index contributed by atoms with van der Waals surface area (Å²) in [6, 6.07) is 0.499. The summed E-state index contributed by atoms with van der Waals surface area (Å²) in [5.41, 5.74) is 0.342. The maximum atomic E-state index is 11.6. The molecule has 0 spiro atoms. The average Bonchev–Trinajstić information content (AvgIpc) is 2.58. The minimum absolute atomic E-state index is 0.0800. The van der Waals surface area contributed by atoms with Crippen molar-refractivity contribution in [2.24, 2.45) is 5.41 Å². The Morgan fingerprint density at radius 3 is 2.69 bits per heavy atom. The smallest absolute Gasteiger partial charge is 0.237 e. The van der Waals surface area contributed by atoms with Gasteiger partial charge in [0.1, 0.15) is 0 Å². The molecule has 1 aliphatic carbocycles. The Labute approximate surface area is 79.3 Å². The van der Waals surface area contributed by atoms with Crippen molar-refractivity contribution in [3.05, 3.63) is 0 Å². The van der Waals surface area contributed by atoms with Gasteiger partial charge < -0.3 is 10.6 Å². The van der Waals surface area contributed by atoms with Crippen LogP contribution in [0.3, 0.4) is 0 Å². The molecule has 1 heterocycles. The maximum absolute atomic E-state index is 11.6. The van der Waals surface area contributed by atoms with Crippen LogP contribution in [0.15, 0.2) is 0 Å². The third-order valence-corrected chi connectivity index (χ3v) is 3.21. The Kier molecular flexibility index (Phi) is 2.06. The van der Waals surface area contributed by atoms with Crippen LogP contribution in [0.1, 0.15) is 33.1 Å². The molecule has 0 aromatic rings. The largest absolute Gasteiger partial charge is 0.351 e. The summed E-state index contributed by atoms with van der Waals surface area (Å²) in [6.07, 6.45) is 3.26. The van der Waals surface area contributed by atoms with Crippen LogP contribution in [0.25, 0.3) is 0 Å². The molecule has 1 amide bonds. The van der Waals surface area contributed by atoms with Crippen LogP contribution < -0.4 is 10.6 Å². The molecule has 3 nitrogen and oxygen atoms in total. The second-order valence-corrected chi connectivity index (χ2v) is 4.90. The van der Waals surface area contributed by atoms with Crippen LogP contribution in [-0.4, -0.2) is 24.5 Å². The van der Waals surface area contributed by atoms with Gasteiger partial charge in [-0.15, -0.1) is 0 Å². The van der Waals surface area contributed by atoms with Gasteiger partial charge in [0.05, 0.1) is 6.04 Å². The van der Waals surface area contributed by atoms with Crippen molar-refractivity contribution in [3.63, 3.8) is 0 Å². The Hall–Kier alpha value is -0.570. The topological polar surface area (TPSA) is 41.1 Å². The number of nitrogens with one attached hydrogen (secondary N) is 2. The number of carbonyl (C=O) groups is 1. The van der Waals surface area contributed by atoms with E-state index < -0.39 is 0 Å². The van der Waals surface area contributed by atoms with Gasteiger partial charge in [-0.2, -0.15) is 0 Å². The second-order valence-electron chi connectivity index (χ2n) is 4.90. The zero-order valence-corrected chi connectivity index (χ0v) is 8.39. The molecular weight excluding hydrogens is 164 g/mol. The van der Waals surface area contributed by atoms with Crippen molar-refractivity contribution in [1.29, 1.82) is 0 Å². The van der Waals surface area contributed by atoms with Crippen molar-refractivity contribution in [1.82, 2.24) is 10.6 Å². The van der Waals surface area contributed by atoms with E-state index in [9.17, 15) is 4.79 Å². The molecule has 74 valence electrons. The predicted molar refractivity (Wildman–Crippen MR) is 51.4 cm³/mol. The molecule has 1 saturated heterocycles. The van der Waals surface area contributed by atoms with E-state index in [1.807, 2.05) is 0 Å². The van der Waals surface area contributed by atoms with E-state index in [2.05, 4.69) is 24.5 Å². The van der Waals surface area contributed by atoms with Gasteiger partial charge in [0, 0.05) is 6.04 Å². The first-order chi connectivity index (χ1) is 6.09. The van der Waals surface area contributed by atoms with E-state index in [-0.39, 0.29) is 11.9 Å². The third kappa shape index (κ3) is 1.85. The number of rotatable bonds is 2. The lowest BCUT2D eigenvalue weighted by atomic mass is 10.1. The van der Waals surface area contributed by atoms with Gasteiger partial charge in [-0.1, -0.05) is 13.8 Å². The zero-order chi connectivity index (χ0) is 9.47. The lowest BCUT2D eigenvalue weighted by Gasteiger charge is -2.11. The molecule has 1 aliphatic heterocycles. The summed E-state index contributed by atoms with van der Waals surface area (Å²) >= 11 is 0. The molecule has 1 saturated carbocycles. The average molecular weight is 182 g/mol. The highest BCUT2D eigenvalue weighted by molar-refractivity contribution is 5.82. The Bertz CT molecular complexity index is 219. The summed E-state index contributed by atoms with van der Waals surface area (Å²) in [6.45, 7) is 5.38.